The quantitative estimate of drug-likeness (QED) is 0.237. The minimum Gasteiger partial charge on any atom is -0.465 e. The van der Waals surface area contributed by atoms with E-state index in [1.165, 1.54) is 43.2 Å². The second kappa shape index (κ2) is 12.6. The topological polar surface area (TPSA) is 105 Å². The Balaban J connectivity index is 1.37. The summed E-state index contributed by atoms with van der Waals surface area (Å²) >= 11 is 2.61. The van der Waals surface area contributed by atoms with E-state index < -0.39 is 5.97 Å². The van der Waals surface area contributed by atoms with Crippen molar-refractivity contribution in [3.8, 4) is 0 Å². The highest BCUT2D eigenvalue weighted by atomic mass is 32.2. The van der Waals surface area contributed by atoms with Crippen molar-refractivity contribution in [2.24, 2.45) is 0 Å². The van der Waals surface area contributed by atoms with Gasteiger partial charge in [0.1, 0.15) is 5.00 Å². The maximum Gasteiger partial charge on any atom is 0.341 e. The molecule has 2 heterocycles. The third-order valence-corrected chi connectivity index (χ3v) is 7.97. The number of hydrogen-bond acceptors (Lipinski definition) is 7. The van der Waals surface area contributed by atoms with Gasteiger partial charge in [-0.15, -0.1) is 23.1 Å². The van der Waals surface area contributed by atoms with E-state index in [-0.39, 0.29) is 23.5 Å². The van der Waals surface area contributed by atoms with Crippen LogP contribution in [0.15, 0.2) is 65.6 Å². The maximum atomic E-state index is 12.8. The predicted molar refractivity (Wildman–Crippen MR) is 150 cm³/mol. The molecule has 0 unspecified atom stereocenters. The Bertz CT molecular complexity index is 1380. The number of nitrogens with one attached hydrogen (secondary N) is 2. The summed E-state index contributed by atoms with van der Waals surface area (Å²) in [7, 11) is 1.31. The molecule has 0 spiro atoms. The third-order valence-electron chi connectivity index (χ3n) is 5.84. The highest BCUT2D eigenvalue weighted by Gasteiger charge is 2.30. The number of hydrogen-bond donors (Lipinski definition) is 2. The Hall–Kier alpha value is -3.89. The lowest BCUT2D eigenvalue weighted by atomic mass is 10.0. The van der Waals surface area contributed by atoms with Gasteiger partial charge in [-0.2, -0.15) is 0 Å². The van der Waals surface area contributed by atoms with Crippen LogP contribution in [0.5, 0.6) is 0 Å². The van der Waals surface area contributed by atoms with Crippen LogP contribution in [-0.2, 0) is 32.1 Å². The molecule has 196 valence electrons. The number of thioether (sulfide) groups is 1. The van der Waals surface area contributed by atoms with Gasteiger partial charge in [-0.3, -0.25) is 14.4 Å². The standard InChI is InChI=1S/C28H27N3O5S2/c1-18(32)31-14-13-22-23(16-31)38-27(26(22)28(35)36-2)30-25(34)17-37-21-10-6-9-20(15-21)29-24(33)12-11-19-7-4-3-5-8-19/h3-12,15H,13-14,16-17H2,1-2H3,(H,29,33)(H,30,34)/b12-11+. The molecule has 3 amide bonds. The summed E-state index contributed by atoms with van der Waals surface area (Å²) in [4.78, 5) is 52.8. The van der Waals surface area contributed by atoms with Gasteiger partial charge in [0.2, 0.25) is 17.7 Å². The average Bonchev–Trinajstić information content (AvgIpc) is 3.28. The molecule has 38 heavy (non-hydrogen) atoms. The average molecular weight is 550 g/mol. The minimum atomic E-state index is -0.508. The van der Waals surface area contributed by atoms with Crippen LogP contribution in [0.25, 0.3) is 6.08 Å². The molecule has 1 aliphatic heterocycles. The lowest BCUT2D eigenvalue weighted by Crippen LogP contribution is -2.33. The molecule has 0 bridgehead atoms. The molecule has 0 saturated heterocycles. The van der Waals surface area contributed by atoms with E-state index in [0.717, 1.165) is 20.9 Å². The Morgan fingerprint density at radius 3 is 2.61 bits per heavy atom. The largest absolute Gasteiger partial charge is 0.465 e. The fraction of sp³-hybridized carbons (Fsp3) is 0.214. The number of benzene rings is 2. The van der Waals surface area contributed by atoms with Crippen LogP contribution in [0.4, 0.5) is 10.7 Å². The molecular weight excluding hydrogens is 522 g/mol. The van der Waals surface area contributed by atoms with Crippen LogP contribution in [-0.4, -0.2) is 48.0 Å². The number of carbonyl (C=O) groups is 4. The molecule has 8 nitrogen and oxygen atoms in total. The molecule has 2 aromatic carbocycles. The number of ether oxygens (including phenoxy) is 1. The molecule has 0 aliphatic carbocycles. The molecule has 1 aliphatic rings. The lowest BCUT2D eigenvalue weighted by molar-refractivity contribution is -0.129. The van der Waals surface area contributed by atoms with E-state index in [0.29, 0.717) is 35.8 Å². The summed E-state index contributed by atoms with van der Waals surface area (Å²) < 4.78 is 4.97. The van der Waals surface area contributed by atoms with E-state index in [2.05, 4.69) is 10.6 Å². The van der Waals surface area contributed by atoms with Crippen molar-refractivity contribution in [2.75, 3.05) is 30.0 Å². The van der Waals surface area contributed by atoms with Crippen molar-refractivity contribution in [1.82, 2.24) is 4.90 Å². The van der Waals surface area contributed by atoms with Crippen molar-refractivity contribution in [1.29, 1.82) is 0 Å². The van der Waals surface area contributed by atoms with Crippen molar-refractivity contribution < 1.29 is 23.9 Å². The second-order valence-electron chi connectivity index (χ2n) is 8.49. The SMILES string of the molecule is COC(=O)c1c(NC(=O)CSc2cccc(NC(=O)/C=C/c3ccccc3)c2)sc2c1CCN(C(C)=O)C2. The van der Waals surface area contributed by atoms with Crippen molar-refractivity contribution in [2.45, 2.75) is 24.8 Å². The van der Waals surface area contributed by atoms with Gasteiger partial charge in [0.25, 0.3) is 0 Å². The molecule has 10 heteroatoms. The number of carbonyl (C=O) groups excluding carboxylic acids is 4. The maximum absolute atomic E-state index is 12.8. The highest BCUT2D eigenvalue weighted by Crippen LogP contribution is 2.38. The summed E-state index contributed by atoms with van der Waals surface area (Å²) in [5.41, 5.74) is 2.73. The van der Waals surface area contributed by atoms with Gasteiger partial charge >= 0.3 is 5.97 Å². The summed E-state index contributed by atoms with van der Waals surface area (Å²) in [6.45, 7) is 2.44. The minimum absolute atomic E-state index is 0.0312. The van der Waals surface area contributed by atoms with E-state index >= 15 is 0 Å². The molecule has 1 aromatic heterocycles. The molecule has 0 fully saturated rings. The van der Waals surface area contributed by atoms with Crippen LogP contribution in [0.1, 0.15) is 33.3 Å². The summed E-state index contributed by atoms with van der Waals surface area (Å²) in [6.07, 6.45) is 3.73. The third kappa shape index (κ3) is 6.90. The lowest BCUT2D eigenvalue weighted by Gasteiger charge is -2.25. The number of fused-ring (bicyclic) bond motifs is 1. The van der Waals surface area contributed by atoms with E-state index in [1.54, 1.807) is 29.2 Å². The monoisotopic (exact) mass is 549 g/mol. The van der Waals surface area contributed by atoms with Crippen molar-refractivity contribution in [3.63, 3.8) is 0 Å². The molecule has 0 radical (unpaired) electrons. The highest BCUT2D eigenvalue weighted by molar-refractivity contribution is 8.00. The van der Waals surface area contributed by atoms with Crippen LogP contribution in [0.2, 0.25) is 0 Å². The molecule has 2 N–H and O–H groups in total. The smallest absolute Gasteiger partial charge is 0.341 e. The second-order valence-corrected chi connectivity index (χ2v) is 10.6. The summed E-state index contributed by atoms with van der Waals surface area (Å²) in [5, 5.41) is 6.11. The van der Waals surface area contributed by atoms with Gasteiger partial charge in [-0.1, -0.05) is 36.4 Å². The number of amides is 3. The van der Waals surface area contributed by atoms with Gasteiger partial charge in [-0.05, 0) is 41.8 Å². The predicted octanol–water partition coefficient (Wildman–Crippen LogP) is 4.82. The first-order valence-electron chi connectivity index (χ1n) is 11.9. The zero-order valence-electron chi connectivity index (χ0n) is 21.0. The summed E-state index contributed by atoms with van der Waals surface area (Å²) in [5.74, 6) is -0.965. The van der Waals surface area contributed by atoms with Gasteiger partial charge < -0.3 is 20.3 Å². The van der Waals surface area contributed by atoms with Crippen LogP contribution >= 0.6 is 23.1 Å². The first kappa shape index (κ1) is 27.2. The van der Waals surface area contributed by atoms with E-state index in [4.69, 9.17) is 4.74 Å². The fourth-order valence-corrected chi connectivity index (χ4v) is 6.00. The number of anilines is 2. The van der Waals surface area contributed by atoms with E-state index in [9.17, 15) is 19.2 Å². The number of thiophene rings is 1. The molecule has 4 rings (SSSR count). The first-order chi connectivity index (χ1) is 18.3. The number of methoxy groups -OCH3 is 1. The van der Waals surface area contributed by atoms with Crippen LogP contribution < -0.4 is 10.6 Å². The Labute approximate surface area is 229 Å². The molecule has 0 atom stereocenters. The van der Waals surface area contributed by atoms with Gasteiger partial charge in [0.05, 0.1) is 25.0 Å². The number of rotatable bonds is 8. The van der Waals surface area contributed by atoms with Crippen molar-refractivity contribution in [3.05, 3.63) is 82.2 Å². The van der Waals surface area contributed by atoms with Crippen molar-refractivity contribution >= 4 is 63.6 Å². The van der Waals surface area contributed by atoms with Gasteiger partial charge in [0, 0.05) is 35.0 Å². The Kier molecular flexibility index (Phi) is 8.98. The van der Waals surface area contributed by atoms with Gasteiger partial charge in [0.15, 0.2) is 0 Å². The number of esters is 1. The molecular formula is C28H27N3O5S2. The zero-order valence-corrected chi connectivity index (χ0v) is 22.6. The van der Waals surface area contributed by atoms with Gasteiger partial charge in [-0.25, -0.2) is 4.79 Å². The molecule has 0 saturated carbocycles. The number of nitrogens with zero attached hydrogens (tertiary/aromatic N) is 1. The van der Waals surface area contributed by atoms with E-state index in [1.807, 2.05) is 36.4 Å². The van der Waals surface area contributed by atoms with Crippen LogP contribution in [0.3, 0.4) is 0 Å². The first-order valence-corrected chi connectivity index (χ1v) is 13.7. The Morgan fingerprint density at radius 2 is 1.87 bits per heavy atom. The van der Waals surface area contributed by atoms with Crippen LogP contribution in [0, 0.1) is 0 Å². The Morgan fingerprint density at radius 1 is 1.08 bits per heavy atom. The summed E-state index contributed by atoms with van der Waals surface area (Å²) in [6, 6.07) is 16.8. The zero-order chi connectivity index (χ0) is 27.1. The molecule has 3 aromatic rings. The normalized spacial score (nSPS) is 12.6. The fourth-order valence-electron chi connectivity index (χ4n) is 3.97.